The van der Waals surface area contributed by atoms with Gasteiger partial charge in [0.1, 0.15) is 18.0 Å². The van der Waals surface area contributed by atoms with Crippen molar-refractivity contribution in [3.8, 4) is 5.69 Å². The fourth-order valence-electron chi connectivity index (χ4n) is 2.24. The molecule has 1 aromatic heterocycles. The molecule has 0 unspecified atom stereocenters. The number of hydrogen-bond donors (Lipinski definition) is 1. The van der Waals surface area contributed by atoms with E-state index in [1.165, 1.54) is 23.1 Å². The number of hydrogen-bond acceptors (Lipinski definition) is 3. The molecule has 0 spiro atoms. The van der Waals surface area contributed by atoms with E-state index in [0.717, 1.165) is 22.9 Å². The van der Waals surface area contributed by atoms with Crippen LogP contribution in [0.5, 0.6) is 0 Å². The van der Waals surface area contributed by atoms with Crippen molar-refractivity contribution in [2.45, 2.75) is 13.8 Å². The molecule has 0 fully saturated rings. The molecule has 23 heavy (non-hydrogen) atoms. The van der Waals surface area contributed by atoms with Crippen molar-refractivity contribution >= 4 is 23.2 Å². The number of halogens is 3. The van der Waals surface area contributed by atoms with E-state index >= 15 is 0 Å². The van der Waals surface area contributed by atoms with E-state index in [1.807, 2.05) is 26.0 Å². The van der Waals surface area contributed by atoms with E-state index in [0.29, 0.717) is 11.0 Å². The van der Waals surface area contributed by atoms with Crippen molar-refractivity contribution in [1.29, 1.82) is 0 Å². The van der Waals surface area contributed by atoms with Gasteiger partial charge in [-0.1, -0.05) is 17.7 Å². The van der Waals surface area contributed by atoms with Gasteiger partial charge in [-0.3, -0.25) is 0 Å². The Morgan fingerprint density at radius 3 is 2.48 bits per heavy atom. The van der Waals surface area contributed by atoms with E-state index < -0.39 is 11.6 Å². The van der Waals surface area contributed by atoms with Crippen LogP contribution in [0, 0.1) is 25.5 Å². The molecule has 118 valence electrons. The molecule has 1 heterocycles. The Morgan fingerprint density at radius 2 is 1.78 bits per heavy atom. The monoisotopic (exact) mass is 334 g/mol. The molecule has 0 saturated carbocycles. The number of benzene rings is 2. The SMILES string of the molecule is Cc1ccc(Cl)c(C)c1Nc1ncn(-c2cc(F)cc(F)c2)n1. The van der Waals surface area contributed by atoms with Crippen LogP contribution in [0.2, 0.25) is 5.02 Å². The summed E-state index contributed by atoms with van der Waals surface area (Å²) in [6.45, 7) is 3.82. The second kappa shape index (κ2) is 5.96. The Morgan fingerprint density at radius 1 is 1.09 bits per heavy atom. The third-order valence-electron chi connectivity index (χ3n) is 3.45. The van der Waals surface area contributed by atoms with E-state index in [4.69, 9.17) is 11.6 Å². The first-order valence-corrected chi connectivity index (χ1v) is 7.22. The van der Waals surface area contributed by atoms with Crippen LogP contribution in [0.3, 0.4) is 0 Å². The second-order valence-electron chi connectivity index (χ2n) is 5.13. The number of aryl methyl sites for hydroxylation is 1. The van der Waals surface area contributed by atoms with Gasteiger partial charge in [-0.05, 0) is 43.2 Å². The number of nitrogens with one attached hydrogen (secondary N) is 1. The molecular formula is C16H13ClF2N4. The summed E-state index contributed by atoms with van der Waals surface area (Å²) in [6.07, 6.45) is 1.38. The summed E-state index contributed by atoms with van der Waals surface area (Å²) >= 11 is 6.12. The Labute approximate surface area is 136 Å². The molecule has 0 aliphatic rings. The van der Waals surface area contributed by atoms with Gasteiger partial charge in [0.25, 0.3) is 0 Å². The first-order valence-electron chi connectivity index (χ1n) is 6.85. The maximum absolute atomic E-state index is 13.3. The molecule has 0 amide bonds. The van der Waals surface area contributed by atoms with Gasteiger partial charge in [-0.15, -0.1) is 5.10 Å². The van der Waals surface area contributed by atoms with E-state index in [-0.39, 0.29) is 5.69 Å². The Bertz CT molecular complexity index is 856. The molecule has 7 heteroatoms. The van der Waals surface area contributed by atoms with Crippen LogP contribution in [0.15, 0.2) is 36.7 Å². The molecule has 0 aliphatic carbocycles. The highest BCUT2D eigenvalue weighted by molar-refractivity contribution is 6.31. The van der Waals surface area contributed by atoms with Gasteiger partial charge in [0, 0.05) is 16.8 Å². The fraction of sp³-hybridized carbons (Fsp3) is 0.125. The van der Waals surface area contributed by atoms with Crippen molar-refractivity contribution in [2.75, 3.05) is 5.32 Å². The van der Waals surface area contributed by atoms with Crippen molar-refractivity contribution < 1.29 is 8.78 Å². The summed E-state index contributed by atoms with van der Waals surface area (Å²) < 4.78 is 27.9. The summed E-state index contributed by atoms with van der Waals surface area (Å²) in [5, 5.41) is 7.90. The summed E-state index contributed by atoms with van der Waals surface area (Å²) in [6, 6.07) is 6.86. The number of nitrogens with zero attached hydrogens (tertiary/aromatic N) is 3. The Balaban J connectivity index is 1.93. The second-order valence-corrected chi connectivity index (χ2v) is 5.54. The molecule has 0 saturated heterocycles. The lowest BCUT2D eigenvalue weighted by Gasteiger charge is -2.11. The van der Waals surface area contributed by atoms with Gasteiger partial charge in [0.05, 0.1) is 5.69 Å². The lowest BCUT2D eigenvalue weighted by Crippen LogP contribution is -2.01. The Kier molecular flexibility index (Phi) is 4.00. The van der Waals surface area contributed by atoms with Crippen LogP contribution < -0.4 is 5.32 Å². The van der Waals surface area contributed by atoms with Gasteiger partial charge in [0.2, 0.25) is 5.95 Å². The summed E-state index contributed by atoms with van der Waals surface area (Å²) in [5.74, 6) is -1.04. The average Bonchev–Trinajstić information content (AvgIpc) is 2.95. The predicted octanol–water partition coefficient (Wildman–Crippen LogP) is 4.56. The maximum atomic E-state index is 13.3. The number of anilines is 2. The topological polar surface area (TPSA) is 42.7 Å². The van der Waals surface area contributed by atoms with Gasteiger partial charge in [-0.25, -0.2) is 13.5 Å². The quantitative estimate of drug-likeness (QED) is 0.763. The molecule has 0 aliphatic heterocycles. The minimum atomic E-state index is -0.675. The molecular weight excluding hydrogens is 322 g/mol. The minimum absolute atomic E-state index is 0.252. The van der Waals surface area contributed by atoms with Crippen LogP contribution in [0.25, 0.3) is 5.69 Å². The van der Waals surface area contributed by atoms with Crippen LogP contribution in [-0.2, 0) is 0 Å². The van der Waals surface area contributed by atoms with Crippen LogP contribution in [-0.4, -0.2) is 14.8 Å². The van der Waals surface area contributed by atoms with Crippen molar-refractivity contribution in [3.05, 3.63) is 64.4 Å². The third kappa shape index (κ3) is 3.17. The first kappa shape index (κ1) is 15.4. The minimum Gasteiger partial charge on any atom is -0.322 e. The molecule has 4 nitrogen and oxygen atoms in total. The smallest absolute Gasteiger partial charge is 0.246 e. The zero-order chi connectivity index (χ0) is 16.6. The molecule has 1 N–H and O–H groups in total. The maximum Gasteiger partial charge on any atom is 0.246 e. The van der Waals surface area contributed by atoms with E-state index in [1.54, 1.807) is 0 Å². The highest BCUT2D eigenvalue weighted by Crippen LogP contribution is 2.28. The molecule has 3 aromatic rings. The normalized spacial score (nSPS) is 10.8. The van der Waals surface area contributed by atoms with Crippen LogP contribution in [0.1, 0.15) is 11.1 Å². The summed E-state index contributed by atoms with van der Waals surface area (Å²) in [7, 11) is 0. The highest BCUT2D eigenvalue weighted by atomic mass is 35.5. The average molecular weight is 335 g/mol. The van der Waals surface area contributed by atoms with Gasteiger partial charge in [-0.2, -0.15) is 4.98 Å². The van der Waals surface area contributed by atoms with Crippen molar-refractivity contribution in [3.63, 3.8) is 0 Å². The Hall–Kier alpha value is -2.47. The van der Waals surface area contributed by atoms with E-state index in [9.17, 15) is 8.78 Å². The summed E-state index contributed by atoms with van der Waals surface area (Å²) in [5.41, 5.74) is 2.92. The number of aromatic nitrogens is 3. The zero-order valence-corrected chi connectivity index (χ0v) is 13.2. The van der Waals surface area contributed by atoms with Gasteiger partial charge >= 0.3 is 0 Å². The van der Waals surface area contributed by atoms with Crippen LogP contribution in [0.4, 0.5) is 20.4 Å². The molecule has 2 aromatic carbocycles. The summed E-state index contributed by atoms with van der Waals surface area (Å²) in [4.78, 5) is 4.11. The van der Waals surface area contributed by atoms with Crippen LogP contribution >= 0.6 is 11.6 Å². The molecule has 0 atom stereocenters. The molecule has 3 rings (SSSR count). The first-order chi connectivity index (χ1) is 10.9. The van der Waals surface area contributed by atoms with Crippen molar-refractivity contribution in [1.82, 2.24) is 14.8 Å². The molecule has 0 radical (unpaired) electrons. The van der Waals surface area contributed by atoms with Crippen molar-refractivity contribution in [2.24, 2.45) is 0 Å². The highest BCUT2D eigenvalue weighted by Gasteiger charge is 2.10. The largest absolute Gasteiger partial charge is 0.322 e. The van der Waals surface area contributed by atoms with Gasteiger partial charge < -0.3 is 5.32 Å². The lowest BCUT2D eigenvalue weighted by atomic mass is 10.1. The fourth-order valence-corrected chi connectivity index (χ4v) is 2.40. The molecule has 0 bridgehead atoms. The standard InChI is InChI=1S/C16H13ClF2N4/c1-9-3-4-14(17)10(2)15(9)21-16-20-8-23(22-16)13-6-11(18)5-12(19)7-13/h3-8H,1-2H3,(H,21,22). The third-order valence-corrected chi connectivity index (χ3v) is 3.86. The van der Waals surface area contributed by atoms with E-state index in [2.05, 4.69) is 15.4 Å². The zero-order valence-electron chi connectivity index (χ0n) is 12.4. The van der Waals surface area contributed by atoms with Gasteiger partial charge in [0.15, 0.2) is 0 Å². The number of rotatable bonds is 3. The lowest BCUT2D eigenvalue weighted by molar-refractivity contribution is 0.580. The predicted molar refractivity (Wildman–Crippen MR) is 85.5 cm³/mol.